The topological polar surface area (TPSA) is 66.5 Å². The van der Waals surface area contributed by atoms with Gasteiger partial charge in [0.1, 0.15) is 0 Å². The predicted molar refractivity (Wildman–Crippen MR) is 117 cm³/mol. The van der Waals surface area contributed by atoms with Gasteiger partial charge in [-0.15, -0.1) is 0 Å². The lowest BCUT2D eigenvalue weighted by atomic mass is 9.63. The first kappa shape index (κ1) is 22.1. The van der Waals surface area contributed by atoms with Gasteiger partial charge in [-0.2, -0.15) is 13.2 Å². The maximum atomic E-state index is 13.3. The van der Waals surface area contributed by atoms with Gasteiger partial charge >= 0.3 is 6.18 Å². The van der Waals surface area contributed by atoms with E-state index >= 15 is 0 Å². The second kappa shape index (κ2) is 7.57. The summed E-state index contributed by atoms with van der Waals surface area (Å²) in [4.78, 5) is 40.9. The van der Waals surface area contributed by atoms with Gasteiger partial charge in [0.05, 0.1) is 28.1 Å². The number of hydrogen-bond acceptors (Lipinski definition) is 3. The van der Waals surface area contributed by atoms with E-state index in [9.17, 15) is 27.6 Å². The number of alkyl halides is 3. The van der Waals surface area contributed by atoms with Crippen molar-refractivity contribution >= 4 is 35.0 Å². The highest BCUT2D eigenvalue weighted by atomic mass is 35.5. The molecule has 1 heterocycles. The third-order valence-corrected chi connectivity index (χ3v) is 9.01. The third-order valence-electron chi connectivity index (χ3n) is 8.68. The van der Waals surface area contributed by atoms with Gasteiger partial charge in [0.15, 0.2) is 0 Å². The number of rotatable bonds is 3. The molecule has 1 saturated heterocycles. The molecule has 1 aliphatic heterocycles. The van der Waals surface area contributed by atoms with Gasteiger partial charge in [-0.3, -0.25) is 19.3 Å². The van der Waals surface area contributed by atoms with Gasteiger partial charge in [0, 0.05) is 12.0 Å². The summed E-state index contributed by atoms with van der Waals surface area (Å²) in [6.07, 6.45) is 2.81. The number of amides is 3. The van der Waals surface area contributed by atoms with Crippen molar-refractivity contribution in [1.82, 2.24) is 4.90 Å². The van der Waals surface area contributed by atoms with Crippen LogP contribution in [-0.4, -0.2) is 28.7 Å². The van der Waals surface area contributed by atoms with Crippen LogP contribution in [0.2, 0.25) is 5.02 Å². The average molecular weight is 493 g/mol. The lowest BCUT2D eigenvalue weighted by Crippen LogP contribution is -2.44. The van der Waals surface area contributed by atoms with Crippen molar-refractivity contribution in [3.63, 3.8) is 0 Å². The smallest absolute Gasteiger partial charge is 0.325 e. The van der Waals surface area contributed by atoms with E-state index in [0.29, 0.717) is 37.5 Å². The Hall–Kier alpha value is -2.35. The summed E-state index contributed by atoms with van der Waals surface area (Å²) in [5.41, 5.74) is -0.955. The summed E-state index contributed by atoms with van der Waals surface area (Å²) < 4.78 is 39.0. The number of anilines is 1. The highest BCUT2D eigenvalue weighted by Crippen LogP contribution is 2.65. The summed E-state index contributed by atoms with van der Waals surface area (Å²) in [6, 6.07) is 2.60. The Balaban J connectivity index is 1.11. The number of likely N-dealkylation sites (tertiary alicyclic amines) is 1. The summed E-state index contributed by atoms with van der Waals surface area (Å²) in [7, 11) is 0. The van der Waals surface area contributed by atoms with Crippen molar-refractivity contribution in [2.75, 3.05) is 5.32 Å². The van der Waals surface area contributed by atoms with Crippen molar-refractivity contribution in [3.8, 4) is 0 Å². The summed E-state index contributed by atoms with van der Waals surface area (Å²) >= 11 is 6.00. The fourth-order valence-corrected chi connectivity index (χ4v) is 7.13. The highest BCUT2D eigenvalue weighted by molar-refractivity contribution is 6.33. The number of imide groups is 1. The molecule has 0 spiro atoms. The molecular formula is C25H24ClF3N2O3. The van der Waals surface area contributed by atoms with Crippen molar-refractivity contribution in [3.05, 3.63) is 40.9 Å². The number of benzene rings is 1. The van der Waals surface area contributed by atoms with Gasteiger partial charge in [-0.25, -0.2) is 0 Å². The second-order valence-electron chi connectivity index (χ2n) is 10.4. The summed E-state index contributed by atoms with van der Waals surface area (Å²) in [5.74, 6) is 0.0983. The van der Waals surface area contributed by atoms with Crippen LogP contribution < -0.4 is 5.32 Å². The molecule has 1 aromatic carbocycles. The monoisotopic (exact) mass is 492 g/mol. The van der Waals surface area contributed by atoms with Gasteiger partial charge < -0.3 is 5.32 Å². The molecule has 0 aromatic heterocycles. The standard InChI is InChI=1S/C25H24ClF3N2O3/c26-18-8-3-12(25(27,28)29)9-19(18)30-22(32)11-1-4-13(5-2-11)31-23(33)20-14-6-7-15(17-10-16(14)17)21(20)24(31)34/h3,6-9,11,13-17,20-21H,1-2,4-5,10H2,(H,30,32)/t11?,13?,14-,15-,16-,17+,20-,21+/m0/s1. The Labute approximate surface area is 199 Å². The van der Waals surface area contributed by atoms with Crippen LogP contribution in [0, 0.1) is 41.4 Å². The molecule has 5 nitrogen and oxygen atoms in total. The number of hydrogen-bond donors (Lipinski definition) is 1. The molecule has 4 fully saturated rings. The van der Waals surface area contributed by atoms with E-state index in [-0.39, 0.29) is 52.2 Å². The normalized spacial score (nSPS) is 38.1. The minimum atomic E-state index is -4.54. The number of nitrogens with one attached hydrogen (secondary N) is 1. The van der Waals surface area contributed by atoms with Crippen molar-refractivity contribution in [2.24, 2.45) is 41.4 Å². The molecule has 1 N–H and O–H groups in total. The van der Waals surface area contributed by atoms with E-state index in [1.54, 1.807) is 0 Å². The highest BCUT2D eigenvalue weighted by Gasteiger charge is 2.67. The number of halogens is 4. The molecular weight excluding hydrogens is 469 g/mol. The van der Waals surface area contributed by atoms with Crippen molar-refractivity contribution in [2.45, 2.75) is 44.3 Å². The molecule has 5 aliphatic carbocycles. The minimum absolute atomic E-state index is 0.0344. The lowest BCUT2D eigenvalue weighted by Gasteiger charge is -2.37. The van der Waals surface area contributed by atoms with Crippen LogP contribution in [0.4, 0.5) is 18.9 Å². The zero-order valence-corrected chi connectivity index (χ0v) is 19.0. The van der Waals surface area contributed by atoms with E-state index in [4.69, 9.17) is 11.6 Å². The number of nitrogens with zero attached hydrogens (tertiary/aromatic N) is 1. The third kappa shape index (κ3) is 3.32. The fourth-order valence-electron chi connectivity index (χ4n) is 6.97. The van der Waals surface area contributed by atoms with Gasteiger partial charge in [-0.1, -0.05) is 23.8 Å². The molecule has 3 saturated carbocycles. The SMILES string of the molecule is O=C(Nc1cc(C(F)(F)F)ccc1Cl)C1CCC(N2C(=O)[C@@H]3[C@H]4C=C[C@@H]([C@@H]5C[C@H]45)[C@@H]3C2=O)CC1. The maximum absolute atomic E-state index is 13.3. The summed E-state index contributed by atoms with van der Waals surface area (Å²) in [5, 5.41) is 2.57. The Bertz CT molecular complexity index is 1080. The van der Waals surface area contributed by atoms with E-state index in [1.165, 1.54) is 4.90 Å². The minimum Gasteiger partial charge on any atom is -0.325 e. The molecule has 9 heteroatoms. The Kier molecular flexibility index (Phi) is 4.93. The molecule has 0 unspecified atom stereocenters. The zero-order chi connectivity index (χ0) is 23.9. The van der Waals surface area contributed by atoms with Crippen LogP contribution in [0.3, 0.4) is 0 Å². The van der Waals surface area contributed by atoms with E-state index in [0.717, 1.165) is 24.6 Å². The molecule has 2 bridgehead atoms. The first-order valence-corrected chi connectivity index (χ1v) is 12.3. The van der Waals surface area contributed by atoms with Crippen LogP contribution in [0.25, 0.3) is 0 Å². The van der Waals surface area contributed by atoms with Crippen LogP contribution >= 0.6 is 11.6 Å². The van der Waals surface area contributed by atoms with E-state index in [2.05, 4.69) is 17.5 Å². The van der Waals surface area contributed by atoms with Crippen LogP contribution in [0.1, 0.15) is 37.7 Å². The van der Waals surface area contributed by atoms with Gasteiger partial charge in [-0.05, 0) is 74.0 Å². The molecule has 180 valence electrons. The second-order valence-corrected chi connectivity index (χ2v) is 10.8. The molecule has 3 amide bonds. The van der Waals surface area contributed by atoms with Crippen molar-refractivity contribution < 1.29 is 27.6 Å². The summed E-state index contributed by atoms with van der Waals surface area (Å²) in [6.45, 7) is 0. The largest absolute Gasteiger partial charge is 0.416 e. The number of carbonyl (C=O) groups excluding carboxylic acids is 3. The van der Waals surface area contributed by atoms with Crippen molar-refractivity contribution in [1.29, 1.82) is 0 Å². The van der Waals surface area contributed by atoms with Crippen LogP contribution in [0.5, 0.6) is 0 Å². The first-order chi connectivity index (χ1) is 16.1. The fraction of sp³-hybridized carbons (Fsp3) is 0.560. The Morgan fingerprint density at radius 2 is 1.56 bits per heavy atom. The van der Waals surface area contributed by atoms with E-state index < -0.39 is 23.6 Å². The van der Waals surface area contributed by atoms with E-state index in [1.807, 2.05) is 0 Å². The first-order valence-electron chi connectivity index (χ1n) is 11.9. The molecule has 7 rings (SSSR count). The number of carbonyl (C=O) groups is 3. The molecule has 6 aliphatic rings. The molecule has 6 atom stereocenters. The lowest BCUT2D eigenvalue weighted by molar-refractivity contribution is -0.144. The Morgan fingerprint density at radius 3 is 2.12 bits per heavy atom. The van der Waals surface area contributed by atoms with Gasteiger partial charge in [0.25, 0.3) is 0 Å². The predicted octanol–water partition coefficient (Wildman–Crippen LogP) is 4.91. The average Bonchev–Trinajstić information content (AvgIpc) is 3.58. The molecule has 34 heavy (non-hydrogen) atoms. The van der Waals surface area contributed by atoms with Crippen LogP contribution in [0.15, 0.2) is 30.4 Å². The van der Waals surface area contributed by atoms with Crippen LogP contribution in [-0.2, 0) is 20.6 Å². The zero-order valence-electron chi connectivity index (χ0n) is 18.2. The maximum Gasteiger partial charge on any atom is 0.416 e. The number of allylic oxidation sites excluding steroid dienone is 2. The quantitative estimate of drug-likeness (QED) is 0.481. The molecule has 1 aromatic rings. The van der Waals surface area contributed by atoms with Gasteiger partial charge in [0.2, 0.25) is 17.7 Å². The molecule has 0 radical (unpaired) electrons. The Morgan fingerprint density at radius 1 is 0.971 bits per heavy atom.